The van der Waals surface area contributed by atoms with Gasteiger partial charge >= 0.3 is 5.97 Å². The van der Waals surface area contributed by atoms with E-state index in [1.54, 1.807) is 0 Å². The molecule has 3 N–H and O–H groups in total. The quantitative estimate of drug-likeness (QED) is 0.627. The second-order valence-electron chi connectivity index (χ2n) is 9.73. The minimum Gasteiger partial charge on any atom is -0.459 e. The summed E-state index contributed by atoms with van der Waals surface area (Å²) in [5.41, 5.74) is -0.775. The van der Waals surface area contributed by atoms with Gasteiger partial charge in [0, 0.05) is 25.4 Å². The highest BCUT2D eigenvalue weighted by Gasteiger charge is 2.66. The summed E-state index contributed by atoms with van der Waals surface area (Å²) in [5, 5.41) is 31.5. The Morgan fingerprint density at radius 1 is 1.15 bits per heavy atom. The molecule has 0 amide bonds. The summed E-state index contributed by atoms with van der Waals surface area (Å²) in [6.45, 7) is 3.32. The molecule has 152 valence electrons. The molecule has 6 heteroatoms. The van der Waals surface area contributed by atoms with Gasteiger partial charge in [-0.3, -0.25) is 9.59 Å². The first kappa shape index (κ1) is 19.3. The van der Waals surface area contributed by atoms with Crippen molar-refractivity contribution in [2.24, 2.45) is 34.5 Å². The molecule has 0 aliphatic heterocycles. The second-order valence-corrected chi connectivity index (χ2v) is 9.73. The molecule has 0 saturated heterocycles. The summed E-state index contributed by atoms with van der Waals surface area (Å²) >= 11 is 0. The number of carbonyl (C=O) groups excluding carboxylic acids is 2. The van der Waals surface area contributed by atoms with Gasteiger partial charge in [0.15, 0.2) is 0 Å². The van der Waals surface area contributed by atoms with Gasteiger partial charge in [0.05, 0.1) is 18.1 Å². The van der Waals surface area contributed by atoms with Crippen molar-refractivity contribution in [3.63, 3.8) is 0 Å². The highest BCUT2D eigenvalue weighted by molar-refractivity contribution is 5.84. The van der Waals surface area contributed by atoms with E-state index in [0.29, 0.717) is 25.2 Å². The fourth-order valence-electron chi connectivity index (χ4n) is 7.46. The third-order valence-electron chi connectivity index (χ3n) is 8.74. The predicted octanol–water partition coefficient (Wildman–Crippen LogP) is 1.44. The predicted molar refractivity (Wildman–Crippen MR) is 96.5 cm³/mol. The van der Waals surface area contributed by atoms with E-state index >= 15 is 0 Å². The Labute approximate surface area is 160 Å². The third-order valence-corrected chi connectivity index (χ3v) is 8.74. The minimum absolute atomic E-state index is 0.000870. The molecule has 4 rings (SSSR count). The average Bonchev–Trinajstić information content (AvgIpc) is 2.92. The van der Waals surface area contributed by atoms with Crippen LogP contribution in [0.1, 0.15) is 58.8 Å². The molecule has 0 spiro atoms. The van der Waals surface area contributed by atoms with Crippen LogP contribution in [-0.4, -0.2) is 52.0 Å². The number of fused-ring (bicyclic) bond motifs is 5. The lowest BCUT2D eigenvalue weighted by Crippen LogP contribution is -2.64. The molecule has 0 aromatic heterocycles. The first-order valence-electron chi connectivity index (χ1n) is 10.4. The molecule has 0 radical (unpaired) electrons. The normalized spacial score (nSPS) is 51.9. The molecule has 9 atom stereocenters. The maximum Gasteiger partial charge on any atom is 0.303 e. The van der Waals surface area contributed by atoms with Crippen molar-refractivity contribution in [2.45, 2.75) is 77.1 Å². The minimum atomic E-state index is -0.862. The molecular weight excluding hydrogens is 348 g/mol. The molecule has 6 nitrogen and oxygen atoms in total. The first-order chi connectivity index (χ1) is 12.7. The van der Waals surface area contributed by atoms with E-state index < -0.39 is 29.5 Å². The fourth-order valence-corrected chi connectivity index (χ4v) is 7.46. The van der Waals surface area contributed by atoms with Crippen LogP contribution >= 0.6 is 0 Å². The topological polar surface area (TPSA) is 104 Å². The number of aliphatic hydroxyl groups excluding tert-OH is 3. The number of esters is 1. The summed E-state index contributed by atoms with van der Waals surface area (Å²) in [5.74, 6) is -0.520. The number of hydrogen-bond acceptors (Lipinski definition) is 6. The van der Waals surface area contributed by atoms with Crippen molar-refractivity contribution >= 4 is 11.8 Å². The monoisotopic (exact) mass is 380 g/mol. The molecule has 4 aliphatic rings. The second kappa shape index (κ2) is 6.53. The highest BCUT2D eigenvalue weighted by Crippen LogP contribution is 2.65. The lowest BCUT2D eigenvalue weighted by Gasteiger charge is -2.61. The summed E-state index contributed by atoms with van der Waals surface area (Å²) in [6.07, 6.45) is 2.82. The zero-order valence-corrected chi connectivity index (χ0v) is 16.3. The van der Waals surface area contributed by atoms with Gasteiger partial charge in [0.2, 0.25) is 0 Å². The molecule has 4 aliphatic carbocycles. The molecule has 0 heterocycles. The number of Topliss-reactive ketones (excluding diaryl/α,β-unsaturated/α-hetero) is 1. The maximum atomic E-state index is 13.3. The van der Waals surface area contributed by atoms with Crippen molar-refractivity contribution in [3.8, 4) is 0 Å². The Hall–Kier alpha value is -0.980. The van der Waals surface area contributed by atoms with Crippen LogP contribution in [0, 0.1) is 34.5 Å². The number of hydrogen-bond donors (Lipinski definition) is 3. The Morgan fingerprint density at radius 3 is 2.56 bits per heavy atom. The van der Waals surface area contributed by atoms with Crippen LogP contribution in [0.2, 0.25) is 0 Å². The number of ether oxygens (including phenoxy) is 1. The van der Waals surface area contributed by atoms with Crippen molar-refractivity contribution in [3.05, 3.63) is 0 Å². The zero-order valence-electron chi connectivity index (χ0n) is 16.3. The lowest BCUT2D eigenvalue weighted by molar-refractivity contribution is -0.207. The van der Waals surface area contributed by atoms with Gasteiger partial charge in [-0.05, 0) is 61.7 Å². The smallest absolute Gasteiger partial charge is 0.303 e. The first-order valence-corrected chi connectivity index (χ1v) is 10.4. The van der Waals surface area contributed by atoms with Crippen molar-refractivity contribution in [1.29, 1.82) is 0 Å². The summed E-state index contributed by atoms with van der Waals surface area (Å²) in [4.78, 5) is 24.9. The van der Waals surface area contributed by atoms with Gasteiger partial charge in [-0.15, -0.1) is 0 Å². The maximum absolute atomic E-state index is 13.3. The number of carbonyl (C=O) groups is 2. The number of aliphatic hydroxyl groups is 3. The van der Waals surface area contributed by atoms with E-state index in [1.165, 1.54) is 6.92 Å². The molecule has 4 fully saturated rings. The summed E-state index contributed by atoms with van der Waals surface area (Å²) in [7, 11) is 0. The number of ketones is 1. The highest BCUT2D eigenvalue weighted by atomic mass is 16.6. The van der Waals surface area contributed by atoms with Gasteiger partial charge in [-0.2, -0.15) is 0 Å². The molecule has 27 heavy (non-hydrogen) atoms. The van der Waals surface area contributed by atoms with E-state index in [2.05, 4.69) is 6.92 Å². The van der Waals surface area contributed by atoms with Gasteiger partial charge in [0.25, 0.3) is 0 Å². The van der Waals surface area contributed by atoms with Gasteiger partial charge < -0.3 is 20.1 Å². The van der Waals surface area contributed by atoms with E-state index in [-0.39, 0.29) is 35.7 Å². The SMILES string of the molecule is CC(=O)OC1[C@@H](O)CC[C@@]2(CO)[C@H]1C(=O)C[C@H]1[C@@H]3CC[C@H](O)[C@@]3(C)CC[C@@H]12. The van der Waals surface area contributed by atoms with Crippen LogP contribution in [0.3, 0.4) is 0 Å². The molecule has 0 aromatic rings. The van der Waals surface area contributed by atoms with Crippen LogP contribution in [0.4, 0.5) is 0 Å². The van der Waals surface area contributed by atoms with Crippen LogP contribution in [-0.2, 0) is 14.3 Å². The van der Waals surface area contributed by atoms with Gasteiger partial charge in [-0.25, -0.2) is 0 Å². The van der Waals surface area contributed by atoms with Crippen LogP contribution in [0.5, 0.6) is 0 Å². The largest absolute Gasteiger partial charge is 0.459 e. The van der Waals surface area contributed by atoms with E-state index in [9.17, 15) is 24.9 Å². The van der Waals surface area contributed by atoms with Crippen molar-refractivity contribution in [1.82, 2.24) is 0 Å². The Morgan fingerprint density at radius 2 is 1.89 bits per heavy atom. The molecule has 4 saturated carbocycles. The lowest BCUT2D eigenvalue weighted by atomic mass is 9.44. The van der Waals surface area contributed by atoms with Crippen LogP contribution in [0.15, 0.2) is 0 Å². The van der Waals surface area contributed by atoms with Crippen LogP contribution < -0.4 is 0 Å². The third kappa shape index (κ3) is 2.63. The van der Waals surface area contributed by atoms with Gasteiger partial charge in [-0.1, -0.05) is 6.92 Å². The summed E-state index contributed by atoms with van der Waals surface area (Å²) < 4.78 is 5.41. The van der Waals surface area contributed by atoms with E-state index in [4.69, 9.17) is 4.74 Å². The standard InChI is InChI=1S/C21H32O6/c1-11(23)27-19-15(24)6-8-21(10-22)14-5-7-20(2)13(3-4-17(20)26)12(14)9-16(25)18(19)21/h12-15,17-19,22,24,26H,3-10H2,1-2H3/t12-,13-,14-,15-,17-,18-,19?,20-,21-/m0/s1. The molecular formula is C21H32O6. The molecule has 0 bridgehead atoms. The number of rotatable bonds is 2. The molecule has 0 aromatic carbocycles. The zero-order chi connectivity index (χ0) is 19.6. The average molecular weight is 380 g/mol. The van der Waals surface area contributed by atoms with E-state index in [1.807, 2.05) is 0 Å². The Kier molecular flexibility index (Phi) is 4.68. The summed E-state index contributed by atoms with van der Waals surface area (Å²) in [6, 6.07) is 0. The fraction of sp³-hybridized carbons (Fsp3) is 0.905. The van der Waals surface area contributed by atoms with Crippen molar-refractivity contribution in [2.75, 3.05) is 6.61 Å². The Bertz CT molecular complexity index is 634. The Balaban J connectivity index is 1.72. The van der Waals surface area contributed by atoms with Crippen molar-refractivity contribution < 1.29 is 29.6 Å². The molecule has 1 unspecified atom stereocenters. The van der Waals surface area contributed by atoms with Gasteiger partial charge in [0.1, 0.15) is 11.9 Å². The van der Waals surface area contributed by atoms with E-state index in [0.717, 1.165) is 25.7 Å². The van der Waals surface area contributed by atoms with Crippen LogP contribution in [0.25, 0.3) is 0 Å².